The first-order valence-electron chi connectivity index (χ1n) is 12.2. The second kappa shape index (κ2) is 9.11. The highest BCUT2D eigenvalue weighted by Gasteiger charge is 2.44. The molecule has 9 heteroatoms. The molecular weight excluding hydrogens is 466 g/mol. The largest absolute Gasteiger partial charge is 0.487 e. The first-order chi connectivity index (χ1) is 16.6. The van der Waals surface area contributed by atoms with Crippen LogP contribution in [0.25, 0.3) is 0 Å². The molecular formula is C26H33N3O5S. The van der Waals surface area contributed by atoms with E-state index in [1.165, 1.54) is 18.1 Å². The minimum absolute atomic E-state index is 0.0513. The molecule has 2 heterocycles. The standard InChI is InChI=1S/C26H33N3O5S/c1-17(30)27-20-5-3-19-14-22(7-4-18(19)13-20)29-11-9-26(10-12-29)16-24(31)23-15-21(28-35(2,32)33)6-8-25(23)34-26/h3,5-6,8,13,15,22,24,28,31H,4,7,9-12,14,16H2,1-2H3,(H,27,30)/t22-,24?/m1/s1. The van der Waals surface area contributed by atoms with Gasteiger partial charge in [-0.1, -0.05) is 6.07 Å². The molecule has 1 spiro atoms. The van der Waals surface area contributed by atoms with E-state index in [4.69, 9.17) is 4.74 Å². The molecule has 1 amide bonds. The van der Waals surface area contributed by atoms with Gasteiger partial charge in [0, 0.05) is 49.4 Å². The highest BCUT2D eigenvalue weighted by molar-refractivity contribution is 7.92. The van der Waals surface area contributed by atoms with Crippen molar-refractivity contribution in [3.05, 3.63) is 53.1 Å². The van der Waals surface area contributed by atoms with E-state index in [0.717, 1.165) is 57.1 Å². The summed E-state index contributed by atoms with van der Waals surface area (Å²) in [5, 5.41) is 13.8. The van der Waals surface area contributed by atoms with Crippen LogP contribution in [-0.4, -0.2) is 55.3 Å². The number of carbonyl (C=O) groups is 1. The number of aliphatic hydroxyl groups is 1. The molecule has 2 atom stereocenters. The predicted octanol–water partition coefficient (Wildman–Crippen LogP) is 3.22. The fourth-order valence-corrected chi connectivity index (χ4v) is 6.40. The van der Waals surface area contributed by atoms with Gasteiger partial charge in [-0.15, -0.1) is 0 Å². The zero-order valence-electron chi connectivity index (χ0n) is 20.2. The third-order valence-corrected chi connectivity index (χ3v) is 8.13. The molecule has 1 fully saturated rings. The average molecular weight is 500 g/mol. The van der Waals surface area contributed by atoms with Gasteiger partial charge in [0.1, 0.15) is 11.4 Å². The molecule has 3 N–H and O–H groups in total. The van der Waals surface area contributed by atoms with Gasteiger partial charge in [0.05, 0.1) is 12.4 Å². The van der Waals surface area contributed by atoms with E-state index in [1.54, 1.807) is 18.2 Å². The molecule has 0 saturated carbocycles. The number of piperidine rings is 1. The van der Waals surface area contributed by atoms with Crippen molar-refractivity contribution < 1.29 is 23.1 Å². The zero-order chi connectivity index (χ0) is 24.8. The third kappa shape index (κ3) is 5.32. The first-order valence-corrected chi connectivity index (χ1v) is 14.1. The number of hydrogen-bond donors (Lipinski definition) is 3. The van der Waals surface area contributed by atoms with Crippen LogP contribution >= 0.6 is 0 Å². The number of aliphatic hydroxyl groups excluding tert-OH is 1. The summed E-state index contributed by atoms with van der Waals surface area (Å²) in [7, 11) is -3.39. The van der Waals surface area contributed by atoms with Crippen molar-refractivity contribution in [2.24, 2.45) is 0 Å². The van der Waals surface area contributed by atoms with Crippen molar-refractivity contribution in [2.45, 2.75) is 63.2 Å². The summed E-state index contributed by atoms with van der Waals surface area (Å²) in [4.78, 5) is 13.9. The van der Waals surface area contributed by atoms with Crippen LogP contribution < -0.4 is 14.8 Å². The van der Waals surface area contributed by atoms with Gasteiger partial charge < -0.3 is 15.2 Å². The Hall–Kier alpha value is -2.62. The second-order valence-corrected chi connectivity index (χ2v) is 12.0. The Morgan fingerprint density at radius 3 is 2.57 bits per heavy atom. The van der Waals surface area contributed by atoms with Crippen molar-refractivity contribution in [1.29, 1.82) is 0 Å². The maximum absolute atomic E-state index is 11.6. The van der Waals surface area contributed by atoms with Crippen LogP contribution in [0.2, 0.25) is 0 Å². The molecule has 0 aromatic heterocycles. The molecule has 1 saturated heterocycles. The Morgan fingerprint density at radius 2 is 1.86 bits per heavy atom. The lowest BCUT2D eigenvalue weighted by Crippen LogP contribution is -2.53. The molecule has 2 aliphatic heterocycles. The Balaban J connectivity index is 1.23. The van der Waals surface area contributed by atoms with Gasteiger partial charge in [-0.3, -0.25) is 14.4 Å². The number of likely N-dealkylation sites (tertiary alicyclic amines) is 1. The number of amides is 1. The number of nitrogens with zero attached hydrogens (tertiary/aromatic N) is 1. The lowest BCUT2D eigenvalue weighted by atomic mass is 9.80. The van der Waals surface area contributed by atoms with Crippen LogP contribution in [0.3, 0.4) is 0 Å². The number of rotatable bonds is 4. The number of fused-ring (bicyclic) bond motifs is 2. The topological polar surface area (TPSA) is 108 Å². The lowest BCUT2D eigenvalue weighted by molar-refractivity contribution is -0.114. The van der Waals surface area contributed by atoms with Crippen LogP contribution in [0, 0.1) is 0 Å². The van der Waals surface area contributed by atoms with E-state index in [-0.39, 0.29) is 5.91 Å². The number of nitrogens with one attached hydrogen (secondary N) is 2. The van der Waals surface area contributed by atoms with E-state index in [2.05, 4.69) is 27.1 Å². The van der Waals surface area contributed by atoms with E-state index in [0.29, 0.717) is 29.5 Å². The number of sulfonamides is 1. The molecule has 2 aromatic carbocycles. The summed E-state index contributed by atoms with van der Waals surface area (Å²) in [6, 6.07) is 11.8. The van der Waals surface area contributed by atoms with Gasteiger partial charge in [0.2, 0.25) is 15.9 Å². The monoisotopic (exact) mass is 499 g/mol. The van der Waals surface area contributed by atoms with Crippen molar-refractivity contribution in [3.63, 3.8) is 0 Å². The van der Waals surface area contributed by atoms with Crippen LogP contribution in [0.4, 0.5) is 11.4 Å². The molecule has 0 radical (unpaired) electrons. The summed E-state index contributed by atoms with van der Waals surface area (Å²) in [6.07, 6.45) is 5.71. The number of aryl methyl sites for hydroxylation is 1. The summed E-state index contributed by atoms with van der Waals surface area (Å²) in [5.74, 6) is 0.586. The molecule has 188 valence electrons. The molecule has 2 aromatic rings. The average Bonchev–Trinajstić information content (AvgIpc) is 2.78. The van der Waals surface area contributed by atoms with E-state index in [1.807, 2.05) is 6.07 Å². The summed E-state index contributed by atoms with van der Waals surface area (Å²) in [6.45, 7) is 3.36. The minimum Gasteiger partial charge on any atom is -0.487 e. The maximum Gasteiger partial charge on any atom is 0.229 e. The van der Waals surface area contributed by atoms with Gasteiger partial charge in [-0.05, 0) is 73.6 Å². The zero-order valence-corrected chi connectivity index (χ0v) is 21.0. The fourth-order valence-electron chi connectivity index (χ4n) is 5.85. The predicted molar refractivity (Wildman–Crippen MR) is 135 cm³/mol. The Bertz CT molecular complexity index is 1240. The van der Waals surface area contributed by atoms with E-state index < -0.39 is 21.7 Å². The molecule has 1 unspecified atom stereocenters. The molecule has 5 rings (SSSR count). The molecule has 3 aliphatic rings. The normalized spacial score (nSPS) is 23.6. The number of hydrogen-bond acceptors (Lipinski definition) is 6. The molecule has 0 bridgehead atoms. The van der Waals surface area contributed by atoms with Gasteiger partial charge in [-0.2, -0.15) is 0 Å². The molecule has 8 nitrogen and oxygen atoms in total. The summed E-state index contributed by atoms with van der Waals surface area (Å²) in [5.41, 5.74) is 4.21. The Kier molecular flexibility index (Phi) is 6.27. The van der Waals surface area contributed by atoms with Crippen molar-refractivity contribution in [2.75, 3.05) is 29.4 Å². The maximum atomic E-state index is 11.6. The highest BCUT2D eigenvalue weighted by atomic mass is 32.2. The minimum atomic E-state index is -3.39. The second-order valence-electron chi connectivity index (χ2n) is 10.2. The number of ether oxygens (including phenoxy) is 1. The summed E-state index contributed by atoms with van der Waals surface area (Å²) >= 11 is 0. The van der Waals surface area contributed by atoms with Crippen LogP contribution in [0.5, 0.6) is 5.75 Å². The van der Waals surface area contributed by atoms with Crippen molar-refractivity contribution in [3.8, 4) is 5.75 Å². The van der Waals surface area contributed by atoms with Crippen LogP contribution in [-0.2, 0) is 27.7 Å². The lowest BCUT2D eigenvalue weighted by Gasteiger charge is -2.48. The van der Waals surface area contributed by atoms with E-state index in [9.17, 15) is 18.3 Å². The smallest absolute Gasteiger partial charge is 0.229 e. The Labute approximate surface area is 206 Å². The van der Waals surface area contributed by atoms with Crippen molar-refractivity contribution >= 4 is 27.3 Å². The SMILES string of the molecule is CC(=O)Nc1ccc2c(c1)CC[C@@H](N1CCC3(CC1)CC(O)c1cc(NS(C)(=O)=O)ccc1O3)C2. The van der Waals surface area contributed by atoms with Crippen LogP contribution in [0.1, 0.15) is 55.4 Å². The van der Waals surface area contributed by atoms with Crippen LogP contribution in [0.15, 0.2) is 36.4 Å². The molecule has 35 heavy (non-hydrogen) atoms. The number of benzene rings is 2. The number of carbonyl (C=O) groups excluding carboxylic acids is 1. The third-order valence-electron chi connectivity index (χ3n) is 7.52. The van der Waals surface area contributed by atoms with Gasteiger partial charge >= 0.3 is 0 Å². The van der Waals surface area contributed by atoms with Crippen molar-refractivity contribution in [1.82, 2.24) is 4.90 Å². The van der Waals surface area contributed by atoms with Gasteiger partial charge in [0.15, 0.2) is 0 Å². The van der Waals surface area contributed by atoms with Gasteiger partial charge in [0.25, 0.3) is 0 Å². The fraction of sp³-hybridized carbons (Fsp3) is 0.500. The van der Waals surface area contributed by atoms with E-state index >= 15 is 0 Å². The highest BCUT2D eigenvalue weighted by Crippen LogP contribution is 2.45. The first kappa shape index (κ1) is 24.1. The molecule has 1 aliphatic carbocycles. The quantitative estimate of drug-likeness (QED) is 0.596. The van der Waals surface area contributed by atoms with Gasteiger partial charge in [-0.25, -0.2) is 8.42 Å². The summed E-state index contributed by atoms with van der Waals surface area (Å²) < 4.78 is 32.0. The number of anilines is 2. The Morgan fingerprint density at radius 1 is 1.11 bits per heavy atom.